The minimum atomic E-state index is -0.265. The predicted octanol–water partition coefficient (Wildman–Crippen LogP) is 4.61. The van der Waals surface area contributed by atoms with E-state index >= 15 is 0 Å². The second kappa shape index (κ2) is 7.73. The van der Waals surface area contributed by atoms with Crippen LogP contribution in [0.25, 0.3) is 0 Å². The van der Waals surface area contributed by atoms with E-state index in [1.165, 1.54) is 17.7 Å². The Bertz CT molecular complexity index is 667. The number of benzene rings is 2. The average Bonchev–Trinajstić information content (AvgIpc) is 2.51. The maximum atomic E-state index is 13.1. The molecule has 0 aliphatic carbocycles. The van der Waals surface area contributed by atoms with Crippen LogP contribution < -0.4 is 5.32 Å². The molecule has 0 saturated carbocycles. The first-order valence-electron chi connectivity index (χ1n) is 7.64. The molecule has 0 aliphatic heterocycles. The van der Waals surface area contributed by atoms with Gasteiger partial charge >= 0.3 is 0 Å². The van der Waals surface area contributed by atoms with Crippen molar-refractivity contribution in [3.8, 4) is 0 Å². The quantitative estimate of drug-likeness (QED) is 0.781. The molecule has 0 fully saturated rings. The van der Waals surface area contributed by atoms with E-state index in [1.807, 2.05) is 18.2 Å². The van der Waals surface area contributed by atoms with Gasteiger partial charge in [-0.3, -0.25) is 4.79 Å². The molecule has 0 heterocycles. The summed E-state index contributed by atoms with van der Waals surface area (Å²) in [5.74, 6) is -0.279. The lowest BCUT2D eigenvalue weighted by atomic mass is 9.84. The molecular weight excluding hydrogens is 357 g/mol. The third kappa shape index (κ3) is 5.47. The Balaban J connectivity index is 1.84. The molecule has 4 heteroatoms. The van der Waals surface area contributed by atoms with E-state index in [-0.39, 0.29) is 17.1 Å². The molecule has 0 atom stereocenters. The Kier molecular flexibility index (Phi) is 5.94. The van der Waals surface area contributed by atoms with Crippen molar-refractivity contribution in [2.45, 2.75) is 32.1 Å². The fourth-order valence-corrected chi connectivity index (χ4v) is 2.63. The van der Waals surface area contributed by atoms with Crippen molar-refractivity contribution >= 4 is 21.8 Å². The molecular formula is C19H21BrFNO. The van der Waals surface area contributed by atoms with Crippen molar-refractivity contribution in [3.63, 3.8) is 0 Å². The standard InChI is InChI=1S/C19H21BrFNO/c1-19(2,15-7-9-16(20)10-8-15)13-22-18(23)11-6-14-4-3-5-17(21)12-14/h3-5,7-10,12H,6,11,13H2,1-2H3,(H,22,23). The largest absolute Gasteiger partial charge is 0.355 e. The van der Waals surface area contributed by atoms with Gasteiger partial charge in [0.15, 0.2) is 0 Å². The molecule has 23 heavy (non-hydrogen) atoms. The average molecular weight is 378 g/mol. The molecule has 0 aliphatic rings. The lowest BCUT2D eigenvalue weighted by Crippen LogP contribution is -2.36. The summed E-state index contributed by atoms with van der Waals surface area (Å²) in [6.07, 6.45) is 0.905. The molecule has 2 aromatic rings. The lowest BCUT2D eigenvalue weighted by Gasteiger charge is -2.25. The van der Waals surface area contributed by atoms with E-state index in [1.54, 1.807) is 6.07 Å². The maximum absolute atomic E-state index is 13.1. The highest BCUT2D eigenvalue weighted by Crippen LogP contribution is 2.24. The van der Waals surface area contributed by atoms with Crippen molar-refractivity contribution < 1.29 is 9.18 Å². The van der Waals surface area contributed by atoms with E-state index in [4.69, 9.17) is 0 Å². The molecule has 0 bridgehead atoms. The first kappa shape index (κ1) is 17.7. The van der Waals surface area contributed by atoms with Gasteiger partial charge in [-0.25, -0.2) is 4.39 Å². The van der Waals surface area contributed by atoms with Gasteiger partial charge in [0.05, 0.1) is 0 Å². The van der Waals surface area contributed by atoms with Crippen molar-refractivity contribution in [1.82, 2.24) is 5.32 Å². The number of halogens is 2. The summed E-state index contributed by atoms with van der Waals surface area (Å²) in [5.41, 5.74) is 1.87. The van der Waals surface area contributed by atoms with E-state index in [0.29, 0.717) is 19.4 Å². The van der Waals surface area contributed by atoms with Gasteiger partial charge < -0.3 is 5.32 Å². The number of amides is 1. The number of carbonyl (C=O) groups is 1. The topological polar surface area (TPSA) is 29.1 Å². The Hall–Kier alpha value is -1.68. The molecule has 0 spiro atoms. The molecule has 0 saturated heterocycles. The fourth-order valence-electron chi connectivity index (χ4n) is 2.36. The van der Waals surface area contributed by atoms with E-state index in [0.717, 1.165) is 10.0 Å². The number of aryl methyl sites for hydroxylation is 1. The second-order valence-corrected chi connectivity index (χ2v) is 7.21. The molecule has 0 radical (unpaired) electrons. The van der Waals surface area contributed by atoms with Gasteiger partial charge in [-0.15, -0.1) is 0 Å². The van der Waals surface area contributed by atoms with Gasteiger partial charge in [-0.1, -0.05) is 54.0 Å². The highest BCUT2D eigenvalue weighted by atomic mass is 79.9. The van der Waals surface area contributed by atoms with Crippen LogP contribution in [-0.2, 0) is 16.6 Å². The van der Waals surface area contributed by atoms with E-state index in [9.17, 15) is 9.18 Å². The Morgan fingerprint density at radius 3 is 2.52 bits per heavy atom. The smallest absolute Gasteiger partial charge is 0.220 e. The summed E-state index contributed by atoms with van der Waals surface area (Å²) in [7, 11) is 0. The zero-order valence-electron chi connectivity index (χ0n) is 13.4. The van der Waals surface area contributed by atoms with Crippen LogP contribution in [0.3, 0.4) is 0 Å². The highest BCUT2D eigenvalue weighted by Gasteiger charge is 2.21. The number of hydrogen-bond acceptors (Lipinski definition) is 1. The fraction of sp³-hybridized carbons (Fsp3) is 0.316. The molecule has 1 amide bonds. The van der Waals surface area contributed by atoms with Crippen molar-refractivity contribution in [3.05, 3.63) is 69.9 Å². The van der Waals surface area contributed by atoms with Crippen LogP contribution in [0.2, 0.25) is 0 Å². The van der Waals surface area contributed by atoms with E-state index in [2.05, 4.69) is 47.2 Å². The molecule has 1 N–H and O–H groups in total. The Labute approximate surface area is 145 Å². The van der Waals surface area contributed by atoms with Crippen molar-refractivity contribution in [1.29, 1.82) is 0 Å². The van der Waals surface area contributed by atoms with Gasteiger partial charge in [-0.05, 0) is 41.8 Å². The zero-order valence-corrected chi connectivity index (χ0v) is 15.0. The minimum Gasteiger partial charge on any atom is -0.355 e. The number of hydrogen-bond donors (Lipinski definition) is 1. The SMILES string of the molecule is CC(C)(CNC(=O)CCc1cccc(F)c1)c1ccc(Br)cc1. The highest BCUT2D eigenvalue weighted by molar-refractivity contribution is 9.10. The Morgan fingerprint density at radius 2 is 1.87 bits per heavy atom. The monoisotopic (exact) mass is 377 g/mol. The van der Waals surface area contributed by atoms with Crippen LogP contribution in [0.15, 0.2) is 53.0 Å². The first-order chi connectivity index (χ1) is 10.9. The van der Waals surface area contributed by atoms with Crippen molar-refractivity contribution in [2.24, 2.45) is 0 Å². The van der Waals surface area contributed by atoms with Gasteiger partial charge in [0, 0.05) is 22.9 Å². The van der Waals surface area contributed by atoms with Gasteiger partial charge in [-0.2, -0.15) is 0 Å². The van der Waals surface area contributed by atoms with Crippen LogP contribution in [0.4, 0.5) is 4.39 Å². The summed E-state index contributed by atoms with van der Waals surface area (Å²) >= 11 is 3.43. The summed E-state index contributed by atoms with van der Waals surface area (Å²) in [6.45, 7) is 4.77. The summed E-state index contributed by atoms with van der Waals surface area (Å²) in [5, 5.41) is 2.98. The normalized spacial score (nSPS) is 11.3. The summed E-state index contributed by atoms with van der Waals surface area (Å²) in [6, 6.07) is 14.5. The van der Waals surface area contributed by atoms with Crippen LogP contribution in [0.1, 0.15) is 31.4 Å². The Morgan fingerprint density at radius 1 is 1.17 bits per heavy atom. The third-order valence-electron chi connectivity index (χ3n) is 3.88. The molecule has 122 valence electrons. The van der Waals surface area contributed by atoms with Gasteiger partial charge in [0.1, 0.15) is 5.82 Å². The van der Waals surface area contributed by atoms with E-state index < -0.39 is 0 Å². The van der Waals surface area contributed by atoms with Crippen LogP contribution in [0, 0.1) is 5.82 Å². The van der Waals surface area contributed by atoms with Crippen LogP contribution in [0.5, 0.6) is 0 Å². The van der Waals surface area contributed by atoms with Crippen molar-refractivity contribution in [2.75, 3.05) is 6.54 Å². The number of rotatable bonds is 6. The molecule has 2 nitrogen and oxygen atoms in total. The molecule has 0 aromatic heterocycles. The zero-order chi connectivity index (χ0) is 16.9. The minimum absolute atomic E-state index is 0.0144. The van der Waals surface area contributed by atoms with Gasteiger partial charge in [0.2, 0.25) is 5.91 Å². The molecule has 2 rings (SSSR count). The summed E-state index contributed by atoms with van der Waals surface area (Å²) < 4.78 is 14.1. The molecule has 2 aromatic carbocycles. The number of carbonyl (C=O) groups excluding carboxylic acids is 1. The maximum Gasteiger partial charge on any atom is 0.220 e. The second-order valence-electron chi connectivity index (χ2n) is 6.30. The summed E-state index contributed by atoms with van der Waals surface area (Å²) in [4.78, 5) is 12.0. The molecule has 0 unspecified atom stereocenters. The van der Waals surface area contributed by atoms with Crippen LogP contribution in [-0.4, -0.2) is 12.5 Å². The number of nitrogens with one attached hydrogen (secondary N) is 1. The predicted molar refractivity (Wildman–Crippen MR) is 94.9 cm³/mol. The third-order valence-corrected chi connectivity index (χ3v) is 4.41. The lowest BCUT2D eigenvalue weighted by molar-refractivity contribution is -0.121. The first-order valence-corrected chi connectivity index (χ1v) is 8.43. The van der Waals surface area contributed by atoms with Gasteiger partial charge in [0.25, 0.3) is 0 Å². The van der Waals surface area contributed by atoms with Crippen LogP contribution >= 0.6 is 15.9 Å².